The Bertz CT molecular complexity index is 1810. The lowest BCUT2D eigenvalue weighted by atomic mass is 9.97. The predicted molar refractivity (Wildman–Crippen MR) is 181 cm³/mol. The lowest BCUT2D eigenvalue weighted by molar-refractivity contribution is -0.131. The molecule has 2 saturated heterocycles. The molecule has 1 N–H and O–H groups in total. The zero-order chi connectivity index (χ0) is 33.2. The number of carbonyl (C=O) groups excluding carboxylic acids is 2. The summed E-state index contributed by atoms with van der Waals surface area (Å²) in [5, 5.41) is 8.45. The van der Waals surface area contributed by atoms with Crippen LogP contribution in [0.1, 0.15) is 28.9 Å². The van der Waals surface area contributed by atoms with E-state index in [1.54, 1.807) is 40.2 Å². The van der Waals surface area contributed by atoms with Gasteiger partial charge in [-0.05, 0) is 43.3 Å². The van der Waals surface area contributed by atoms with Gasteiger partial charge in [-0.3, -0.25) is 14.3 Å². The number of halogens is 1. The van der Waals surface area contributed by atoms with E-state index < -0.39 is 5.82 Å². The molecular weight excluding hydrogens is 615 g/mol. The molecular formula is C34H41FN10O3. The van der Waals surface area contributed by atoms with Crippen molar-refractivity contribution in [3.63, 3.8) is 0 Å². The molecule has 14 heteroatoms. The Morgan fingerprint density at radius 1 is 0.979 bits per heavy atom. The second-order valence-electron chi connectivity index (χ2n) is 12.6. The average Bonchev–Trinajstić information content (AvgIpc) is 3.82. The van der Waals surface area contributed by atoms with Crippen molar-refractivity contribution in [3.05, 3.63) is 66.0 Å². The number of ether oxygens (including phenoxy) is 1. The summed E-state index contributed by atoms with van der Waals surface area (Å²) in [4.78, 5) is 44.9. The van der Waals surface area contributed by atoms with E-state index in [1.807, 2.05) is 30.3 Å². The van der Waals surface area contributed by atoms with Crippen molar-refractivity contribution in [2.24, 2.45) is 0 Å². The van der Waals surface area contributed by atoms with E-state index in [4.69, 9.17) is 4.74 Å². The number of likely N-dealkylation sites (N-methyl/N-ethyl adjacent to an activating group) is 1. The molecule has 1 aromatic carbocycles. The molecule has 0 bridgehead atoms. The Hall–Kier alpha value is -4.98. The van der Waals surface area contributed by atoms with Gasteiger partial charge < -0.3 is 34.2 Å². The molecule has 4 aromatic rings. The molecule has 0 spiro atoms. The van der Waals surface area contributed by atoms with E-state index in [0.717, 1.165) is 43.3 Å². The zero-order valence-corrected chi connectivity index (χ0v) is 27.4. The van der Waals surface area contributed by atoms with Crippen LogP contribution in [0, 0.1) is 5.82 Å². The van der Waals surface area contributed by atoms with Gasteiger partial charge in [0, 0.05) is 101 Å². The van der Waals surface area contributed by atoms with Crippen LogP contribution in [-0.4, -0.2) is 131 Å². The normalized spacial score (nSPS) is 17.6. The van der Waals surface area contributed by atoms with E-state index in [9.17, 15) is 9.59 Å². The third kappa shape index (κ3) is 6.31. The first-order valence-electron chi connectivity index (χ1n) is 16.5. The van der Waals surface area contributed by atoms with Crippen molar-refractivity contribution >= 4 is 39.8 Å². The van der Waals surface area contributed by atoms with Crippen LogP contribution >= 0.6 is 0 Å². The number of pyridine rings is 1. The monoisotopic (exact) mass is 656 g/mol. The summed E-state index contributed by atoms with van der Waals surface area (Å²) in [5.41, 5.74) is 2.81. The number of aryl methyl sites for hydroxylation is 1. The Kier molecular flexibility index (Phi) is 8.98. The number of anilines is 2. The van der Waals surface area contributed by atoms with Crippen LogP contribution in [0.3, 0.4) is 0 Å². The van der Waals surface area contributed by atoms with Gasteiger partial charge in [-0.25, -0.2) is 9.37 Å². The summed E-state index contributed by atoms with van der Waals surface area (Å²) in [5.74, 6) is 0.883. The van der Waals surface area contributed by atoms with Gasteiger partial charge in [0.15, 0.2) is 17.4 Å². The fraction of sp³-hybridized carbons (Fsp3) is 0.441. The van der Waals surface area contributed by atoms with E-state index in [0.29, 0.717) is 80.1 Å². The Balaban J connectivity index is 1.14. The Morgan fingerprint density at radius 3 is 2.52 bits per heavy atom. The lowest BCUT2D eigenvalue weighted by Crippen LogP contribution is -2.49. The number of nitrogens with one attached hydrogen (secondary N) is 1. The summed E-state index contributed by atoms with van der Waals surface area (Å²) in [6.45, 7) is 6.88. The van der Waals surface area contributed by atoms with E-state index in [2.05, 4.69) is 42.0 Å². The lowest BCUT2D eigenvalue weighted by Gasteiger charge is -2.35. The van der Waals surface area contributed by atoms with Crippen LogP contribution in [-0.2, 0) is 11.3 Å². The van der Waals surface area contributed by atoms with Crippen LogP contribution in [0.2, 0.25) is 0 Å². The molecule has 3 aliphatic rings. The van der Waals surface area contributed by atoms with Gasteiger partial charge in [-0.15, -0.1) is 5.10 Å². The van der Waals surface area contributed by atoms with Gasteiger partial charge in [0.1, 0.15) is 5.69 Å². The van der Waals surface area contributed by atoms with Crippen LogP contribution in [0.25, 0.3) is 16.5 Å². The largest absolute Gasteiger partial charge is 0.493 e. The number of H-pyrrole nitrogens is 1. The van der Waals surface area contributed by atoms with Gasteiger partial charge in [-0.1, -0.05) is 11.3 Å². The number of benzene rings is 1. The van der Waals surface area contributed by atoms with Crippen LogP contribution in [0.5, 0.6) is 5.75 Å². The first-order valence-corrected chi connectivity index (χ1v) is 16.5. The third-order valence-electron chi connectivity index (χ3n) is 9.62. The molecule has 2 amide bonds. The van der Waals surface area contributed by atoms with Gasteiger partial charge in [0.25, 0.3) is 5.91 Å². The highest BCUT2D eigenvalue weighted by atomic mass is 19.1. The Morgan fingerprint density at radius 2 is 1.77 bits per heavy atom. The molecule has 0 unspecified atom stereocenters. The predicted octanol–water partition coefficient (Wildman–Crippen LogP) is 2.72. The third-order valence-corrected chi connectivity index (χ3v) is 9.62. The number of nitrogens with zero attached hydrogens (tertiary/aromatic N) is 9. The van der Waals surface area contributed by atoms with Crippen LogP contribution in [0.4, 0.5) is 15.9 Å². The summed E-state index contributed by atoms with van der Waals surface area (Å²) < 4.78 is 23.7. The quantitative estimate of drug-likeness (QED) is 0.306. The molecule has 13 nitrogen and oxygen atoms in total. The van der Waals surface area contributed by atoms with Crippen molar-refractivity contribution in [1.29, 1.82) is 0 Å². The molecule has 252 valence electrons. The number of fused-ring (bicyclic) bond motifs is 1. The Labute approximate surface area is 278 Å². The molecule has 0 aliphatic carbocycles. The minimum absolute atomic E-state index is 0.00813. The van der Waals surface area contributed by atoms with E-state index in [-0.39, 0.29) is 18.2 Å². The molecule has 3 aromatic heterocycles. The highest BCUT2D eigenvalue weighted by molar-refractivity contribution is 6.03. The topological polar surface area (TPSA) is 119 Å². The number of carbonyl (C=O) groups is 2. The second-order valence-corrected chi connectivity index (χ2v) is 12.6. The fourth-order valence-electron chi connectivity index (χ4n) is 6.84. The van der Waals surface area contributed by atoms with Crippen LogP contribution < -0.4 is 14.5 Å². The summed E-state index contributed by atoms with van der Waals surface area (Å²) in [6, 6.07) is 7.44. The van der Waals surface area contributed by atoms with Crippen molar-refractivity contribution in [3.8, 4) is 5.75 Å². The summed E-state index contributed by atoms with van der Waals surface area (Å²) in [6.07, 6.45) is 8.01. The molecule has 0 saturated carbocycles. The fourth-order valence-corrected chi connectivity index (χ4v) is 6.84. The first kappa shape index (κ1) is 31.6. The number of hydrogen-bond donors (Lipinski definition) is 1. The number of piperazine rings is 2. The van der Waals surface area contributed by atoms with E-state index in [1.165, 1.54) is 0 Å². The average molecular weight is 657 g/mol. The molecule has 2 fully saturated rings. The van der Waals surface area contributed by atoms with Crippen molar-refractivity contribution in [2.45, 2.75) is 19.4 Å². The number of rotatable bonds is 8. The van der Waals surface area contributed by atoms with Gasteiger partial charge in [0.2, 0.25) is 5.91 Å². The molecule has 7 rings (SSSR count). The molecule has 0 radical (unpaired) electrons. The van der Waals surface area contributed by atoms with Crippen molar-refractivity contribution in [1.82, 2.24) is 39.7 Å². The minimum Gasteiger partial charge on any atom is -0.493 e. The first-order chi connectivity index (χ1) is 23.4. The smallest absolute Gasteiger partial charge is 0.270 e. The number of amides is 2. The van der Waals surface area contributed by atoms with E-state index >= 15 is 4.39 Å². The highest BCUT2D eigenvalue weighted by Gasteiger charge is 2.29. The maximum atomic E-state index is 16.6. The van der Waals surface area contributed by atoms with Gasteiger partial charge in [-0.2, -0.15) is 0 Å². The minimum atomic E-state index is -0.405. The van der Waals surface area contributed by atoms with Gasteiger partial charge >= 0.3 is 0 Å². The SMILES string of the molecule is COc1cccnc1N1CCN(C(=O)c2cc3c(N4CCN(C)CC4)cc(C4=CCCN(C(=O)CCn5ccnn5)C4)c(F)c3[nH]2)CC1. The number of aromatic nitrogens is 5. The molecule has 6 heterocycles. The standard InChI is InChI=1S/C34H41FN10O3/c1-40-13-15-41(16-14-40)28-22-25(24-5-4-10-44(23-24)30(46)7-11-45-12-9-37-39-45)31(35)32-26(28)21-27(38-32)34(47)43-19-17-42(18-20-43)33-29(48-2)6-3-8-36-33/h3,5-6,8-9,12,21-22,38H,4,7,10-11,13-20,23H2,1-2H3. The second kappa shape index (κ2) is 13.6. The number of hydrogen-bond acceptors (Lipinski definition) is 9. The maximum Gasteiger partial charge on any atom is 0.270 e. The molecule has 48 heavy (non-hydrogen) atoms. The zero-order valence-electron chi connectivity index (χ0n) is 27.4. The molecule has 0 atom stereocenters. The van der Waals surface area contributed by atoms with Crippen molar-refractivity contribution in [2.75, 3.05) is 89.4 Å². The highest BCUT2D eigenvalue weighted by Crippen LogP contribution is 2.37. The maximum absolute atomic E-state index is 16.6. The van der Waals surface area contributed by atoms with Crippen molar-refractivity contribution < 1.29 is 18.7 Å². The van der Waals surface area contributed by atoms with Crippen LogP contribution in [0.15, 0.2) is 48.9 Å². The number of aromatic amines is 1. The number of methoxy groups -OCH3 is 1. The summed E-state index contributed by atoms with van der Waals surface area (Å²) >= 11 is 0. The van der Waals surface area contributed by atoms with Gasteiger partial charge in [0.05, 0.1) is 25.4 Å². The summed E-state index contributed by atoms with van der Waals surface area (Å²) in [7, 11) is 3.72. The molecule has 3 aliphatic heterocycles.